The Morgan fingerprint density at radius 2 is 1.59 bits per heavy atom. The number of allylic oxidation sites excluding steroid dienone is 2. The molecule has 0 saturated carbocycles. The quantitative estimate of drug-likeness (QED) is 0.472. The van der Waals surface area contributed by atoms with Gasteiger partial charge in [-0.3, -0.25) is 0 Å². The molecule has 2 atom stereocenters. The highest BCUT2D eigenvalue weighted by molar-refractivity contribution is 5.17. The minimum Gasteiger partial charge on any atom is -0.0817 e. The molecule has 0 aromatic heterocycles. The van der Waals surface area contributed by atoms with Crippen molar-refractivity contribution in [1.29, 1.82) is 0 Å². The molecule has 0 aromatic rings. The van der Waals surface area contributed by atoms with Gasteiger partial charge in [-0.2, -0.15) is 0 Å². The van der Waals surface area contributed by atoms with E-state index in [9.17, 15) is 0 Å². The Morgan fingerprint density at radius 1 is 1.06 bits per heavy atom. The SMILES string of the molecule is CCCC(C)C=C(C(C)CC)C(C)(C)C(C)C. The largest absolute Gasteiger partial charge is 0.0817 e. The van der Waals surface area contributed by atoms with Gasteiger partial charge in [0, 0.05) is 0 Å². The molecule has 102 valence electrons. The van der Waals surface area contributed by atoms with E-state index in [0.717, 1.165) is 5.92 Å². The maximum Gasteiger partial charge on any atom is -0.0119 e. The van der Waals surface area contributed by atoms with Crippen LogP contribution in [0.3, 0.4) is 0 Å². The van der Waals surface area contributed by atoms with Crippen LogP contribution in [-0.4, -0.2) is 0 Å². The molecule has 0 bridgehead atoms. The molecule has 0 heteroatoms. The first-order chi connectivity index (χ1) is 7.77. The van der Waals surface area contributed by atoms with Gasteiger partial charge in [-0.1, -0.05) is 73.5 Å². The summed E-state index contributed by atoms with van der Waals surface area (Å²) in [6, 6.07) is 0. The Labute approximate surface area is 110 Å². The van der Waals surface area contributed by atoms with Crippen molar-refractivity contribution in [2.45, 2.75) is 74.7 Å². The molecule has 0 spiro atoms. The fourth-order valence-corrected chi connectivity index (χ4v) is 2.41. The average molecular weight is 238 g/mol. The number of rotatable bonds is 7. The predicted molar refractivity (Wildman–Crippen MR) is 80.2 cm³/mol. The summed E-state index contributed by atoms with van der Waals surface area (Å²) in [6.45, 7) is 18.8. The van der Waals surface area contributed by atoms with E-state index in [1.165, 1.54) is 19.3 Å². The molecule has 0 rings (SSSR count). The van der Waals surface area contributed by atoms with E-state index < -0.39 is 0 Å². The van der Waals surface area contributed by atoms with Gasteiger partial charge >= 0.3 is 0 Å². The first-order valence-corrected chi connectivity index (χ1v) is 7.49. The van der Waals surface area contributed by atoms with Crippen LogP contribution in [0.1, 0.15) is 74.7 Å². The second-order valence-corrected chi connectivity index (χ2v) is 6.57. The molecule has 0 aliphatic carbocycles. The van der Waals surface area contributed by atoms with Crippen LogP contribution < -0.4 is 0 Å². The molecule has 0 saturated heterocycles. The van der Waals surface area contributed by atoms with Gasteiger partial charge < -0.3 is 0 Å². The third-order valence-electron chi connectivity index (χ3n) is 4.54. The van der Waals surface area contributed by atoms with Crippen LogP contribution in [0, 0.1) is 23.2 Å². The Morgan fingerprint density at radius 3 is 1.94 bits per heavy atom. The Bertz CT molecular complexity index is 232. The van der Waals surface area contributed by atoms with E-state index in [1.807, 2.05) is 0 Å². The molecule has 0 nitrogen and oxygen atoms in total. The fourth-order valence-electron chi connectivity index (χ4n) is 2.41. The standard InChI is InChI=1S/C17H34/c1-9-11-14(5)12-16(15(6)10-2)17(7,8)13(3)4/h12-15H,9-11H2,1-8H3. The lowest BCUT2D eigenvalue weighted by Crippen LogP contribution is -2.26. The molecule has 17 heavy (non-hydrogen) atoms. The number of hydrogen-bond acceptors (Lipinski definition) is 0. The van der Waals surface area contributed by atoms with Gasteiger partial charge in [0.05, 0.1) is 0 Å². The second-order valence-electron chi connectivity index (χ2n) is 6.57. The third kappa shape index (κ3) is 4.85. The zero-order valence-electron chi connectivity index (χ0n) is 13.4. The van der Waals surface area contributed by atoms with Crippen LogP contribution in [0.25, 0.3) is 0 Å². The zero-order chi connectivity index (χ0) is 13.6. The van der Waals surface area contributed by atoms with Crippen LogP contribution in [0.15, 0.2) is 11.6 Å². The van der Waals surface area contributed by atoms with Gasteiger partial charge in [0.25, 0.3) is 0 Å². The van der Waals surface area contributed by atoms with Gasteiger partial charge in [0.15, 0.2) is 0 Å². The van der Waals surface area contributed by atoms with Gasteiger partial charge in [-0.05, 0) is 36.0 Å². The van der Waals surface area contributed by atoms with Crippen LogP contribution >= 0.6 is 0 Å². The van der Waals surface area contributed by atoms with Gasteiger partial charge in [0.2, 0.25) is 0 Å². The number of hydrogen-bond donors (Lipinski definition) is 0. The molecule has 0 heterocycles. The highest BCUT2D eigenvalue weighted by Gasteiger charge is 2.29. The first kappa shape index (κ1) is 16.7. The lowest BCUT2D eigenvalue weighted by Gasteiger charge is -2.36. The first-order valence-electron chi connectivity index (χ1n) is 7.49. The molecule has 0 N–H and O–H groups in total. The van der Waals surface area contributed by atoms with Crippen molar-refractivity contribution >= 4 is 0 Å². The van der Waals surface area contributed by atoms with E-state index in [0.29, 0.717) is 17.3 Å². The minimum absolute atomic E-state index is 0.331. The van der Waals surface area contributed by atoms with Crippen molar-refractivity contribution in [3.8, 4) is 0 Å². The Balaban J connectivity index is 5.13. The highest BCUT2D eigenvalue weighted by atomic mass is 14.3. The molecule has 0 aliphatic rings. The molecule has 0 amide bonds. The molecule has 0 fully saturated rings. The van der Waals surface area contributed by atoms with Crippen molar-refractivity contribution in [2.75, 3.05) is 0 Å². The summed E-state index contributed by atoms with van der Waals surface area (Å²) in [5.74, 6) is 2.14. The monoisotopic (exact) mass is 238 g/mol. The van der Waals surface area contributed by atoms with Crippen molar-refractivity contribution < 1.29 is 0 Å². The average Bonchev–Trinajstić information content (AvgIpc) is 2.24. The molecule has 2 unspecified atom stereocenters. The summed E-state index contributed by atoms with van der Waals surface area (Å²) in [5.41, 5.74) is 2.01. The summed E-state index contributed by atoms with van der Waals surface area (Å²) < 4.78 is 0. The summed E-state index contributed by atoms with van der Waals surface area (Å²) >= 11 is 0. The fraction of sp³-hybridized carbons (Fsp3) is 0.882. The van der Waals surface area contributed by atoms with Crippen LogP contribution in [0.4, 0.5) is 0 Å². The van der Waals surface area contributed by atoms with E-state index >= 15 is 0 Å². The van der Waals surface area contributed by atoms with Gasteiger partial charge in [0.1, 0.15) is 0 Å². The predicted octanol–water partition coefficient (Wildman–Crippen LogP) is 6.08. The maximum absolute atomic E-state index is 2.57. The van der Waals surface area contributed by atoms with E-state index in [-0.39, 0.29) is 0 Å². The Kier molecular flexibility index (Phi) is 7.13. The highest BCUT2D eigenvalue weighted by Crippen LogP contribution is 2.40. The van der Waals surface area contributed by atoms with Crippen LogP contribution in [-0.2, 0) is 0 Å². The summed E-state index contributed by atoms with van der Waals surface area (Å²) in [6.07, 6.45) is 6.42. The molecule has 0 aliphatic heterocycles. The normalized spacial score (nSPS) is 17.4. The van der Waals surface area contributed by atoms with Crippen LogP contribution in [0.5, 0.6) is 0 Å². The second kappa shape index (κ2) is 7.24. The summed E-state index contributed by atoms with van der Waals surface area (Å²) in [4.78, 5) is 0. The summed E-state index contributed by atoms with van der Waals surface area (Å²) in [5, 5.41) is 0. The minimum atomic E-state index is 0.331. The van der Waals surface area contributed by atoms with E-state index in [2.05, 4.69) is 61.5 Å². The molecular formula is C17H34. The van der Waals surface area contributed by atoms with Crippen LogP contribution in [0.2, 0.25) is 0 Å². The van der Waals surface area contributed by atoms with Crippen molar-refractivity contribution in [3.05, 3.63) is 11.6 Å². The zero-order valence-corrected chi connectivity index (χ0v) is 13.4. The Hall–Kier alpha value is -0.260. The topological polar surface area (TPSA) is 0 Å². The molecule has 0 radical (unpaired) electrons. The van der Waals surface area contributed by atoms with E-state index in [4.69, 9.17) is 0 Å². The summed E-state index contributed by atoms with van der Waals surface area (Å²) in [7, 11) is 0. The van der Waals surface area contributed by atoms with Gasteiger partial charge in [-0.25, -0.2) is 0 Å². The van der Waals surface area contributed by atoms with Crippen molar-refractivity contribution in [3.63, 3.8) is 0 Å². The third-order valence-corrected chi connectivity index (χ3v) is 4.54. The molecular weight excluding hydrogens is 204 g/mol. The van der Waals surface area contributed by atoms with Gasteiger partial charge in [-0.15, -0.1) is 0 Å². The van der Waals surface area contributed by atoms with Crippen molar-refractivity contribution in [1.82, 2.24) is 0 Å². The lowest BCUT2D eigenvalue weighted by atomic mass is 9.69. The molecule has 0 aromatic carbocycles. The lowest BCUT2D eigenvalue weighted by molar-refractivity contribution is 0.277. The van der Waals surface area contributed by atoms with E-state index in [1.54, 1.807) is 5.57 Å². The smallest absolute Gasteiger partial charge is 0.0119 e. The maximum atomic E-state index is 2.57. The van der Waals surface area contributed by atoms with Crippen molar-refractivity contribution in [2.24, 2.45) is 23.2 Å².